The van der Waals surface area contributed by atoms with E-state index in [9.17, 15) is 5.11 Å². The number of benzene rings is 2. The molecule has 23 heavy (non-hydrogen) atoms. The number of aryl methyl sites for hydroxylation is 1. The second-order valence-electron chi connectivity index (χ2n) is 6.10. The van der Waals surface area contributed by atoms with Crippen molar-refractivity contribution in [3.8, 4) is 0 Å². The van der Waals surface area contributed by atoms with Crippen molar-refractivity contribution in [1.29, 1.82) is 0 Å². The highest BCUT2D eigenvalue weighted by Crippen LogP contribution is 2.15. The summed E-state index contributed by atoms with van der Waals surface area (Å²) in [6, 6.07) is 18.9. The maximum absolute atomic E-state index is 10.3. The number of rotatable bonds is 9. The fourth-order valence-corrected chi connectivity index (χ4v) is 2.75. The van der Waals surface area contributed by atoms with E-state index in [2.05, 4.69) is 66.9 Å². The lowest BCUT2D eigenvalue weighted by Crippen LogP contribution is -2.32. The number of allylic oxidation sites excluding steroid dienone is 1. The fraction of sp³-hybridized carbons (Fsp3) is 0.333. The summed E-state index contributed by atoms with van der Waals surface area (Å²) in [6.07, 6.45) is 3.17. The Kier molecular flexibility index (Phi) is 7.05. The second-order valence-corrected chi connectivity index (χ2v) is 6.10. The van der Waals surface area contributed by atoms with Crippen molar-refractivity contribution in [2.75, 3.05) is 6.54 Å². The monoisotopic (exact) mass is 309 g/mol. The summed E-state index contributed by atoms with van der Waals surface area (Å²) >= 11 is 0. The van der Waals surface area contributed by atoms with Crippen LogP contribution in [0.5, 0.6) is 0 Å². The topological polar surface area (TPSA) is 23.5 Å². The number of aliphatic hydroxyl groups is 1. The molecule has 2 nitrogen and oxygen atoms in total. The largest absolute Gasteiger partial charge is 0.392 e. The summed E-state index contributed by atoms with van der Waals surface area (Å²) in [7, 11) is 0. The minimum Gasteiger partial charge on any atom is -0.392 e. The first-order valence-corrected chi connectivity index (χ1v) is 8.29. The highest BCUT2D eigenvalue weighted by molar-refractivity contribution is 5.25. The normalized spacial score (nSPS) is 12.3. The molecule has 122 valence electrons. The molecule has 0 aromatic heterocycles. The average Bonchev–Trinajstić information content (AvgIpc) is 2.56. The first-order valence-electron chi connectivity index (χ1n) is 8.29. The summed E-state index contributed by atoms with van der Waals surface area (Å²) in [4.78, 5) is 2.32. The van der Waals surface area contributed by atoms with Crippen LogP contribution in [0.1, 0.15) is 29.5 Å². The molecule has 2 aromatic carbocycles. The van der Waals surface area contributed by atoms with Gasteiger partial charge in [-0.2, -0.15) is 0 Å². The minimum absolute atomic E-state index is 0.319. The predicted octanol–water partition coefficient (Wildman–Crippen LogP) is 4.32. The molecular formula is C21H27NO. The number of hydrogen-bond acceptors (Lipinski definition) is 2. The fourth-order valence-electron chi connectivity index (χ4n) is 2.75. The number of aliphatic hydroxyl groups excluding tert-OH is 1. The van der Waals surface area contributed by atoms with Crippen LogP contribution in [0, 0.1) is 6.92 Å². The Morgan fingerprint density at radius 1 is 1.04 bits per heavy atom. The Labute approximate surface area is 140 Å². The van der Waals surface area contributed by atoms with E-state index in [1.807, 2.05) is 12.1 Å². The zero-order valence-corrected chi connectivity index (χ0v) is 14.0. The molecule has 0 heterocycles. The Morgan fingerprint density at radius 2 is 1.74 bits per heavy atom. The highest BCUT2D eigenvalue weighted by atomic mass is 16.3. The van der Waals surface area contributed by atoms with Crippen LogP contribution >= 0.6 is 0 Å². The standard InChI is InChI=1S/C21H27NO/c1-3-4-14-21(23)17-22(15-19-11-6-5-7-12-19)16-20-13-9-8-10-18(20)2/h3,5-13,21,23H,1,4,14-17H2,2H3/t21-/m1/s1. The van der Waals surface area contributed by atoms with Gasteiger partial charge in [0.05, 0.1) is 6.10 Å². The Balaban J connectivity index is 2.07. The third-order valence-electron chi connectivity index (χ3n) is 4.08. The molecule has 2 heteroatoms. The van der Waals surface area contributed by atoms with Crippen molar-refractivity contribution in [2.45, 2.75) is 39.0 Å². The molecule has 0 saturated heterocycles. The van der Waals surface area contributed by atoms with Crippen LogP contribution in [-0.2, 0) is 13.1 Å². The molecule has 1 N–H and O–H groups in total. The zero-order chi connectivity index (χ0) is 16.5. The van der Waals surface area contributed by atoms with Crippen molar-refractivity contribution in [2.24, 2.45) is 0 Å². The van der Waals surface area contributed by atoms with Gasteiger partial charge in [0.25, 0.3) is 0 Å². The molecular weight excluding hydrogens is 282 g/mol. The van der Waals surface area contributed by atoms with E-state index in [0.717, 1.165) is 25.9 Å². The number of hydrogen-bond donors (Lipinski definition) is 1. The first kappa shape index (κ1) is 17.5. The molecule has 0 radical (unpaired) electrons. The van der Waals surface area contributed by atoms with Gasteiger partial charge in [-0.25, -0.2) is 0 Å². The molecule has 0 unspecified atom stereocenters. The Hall–Kier alpha value is -1.90. The molecule has 2 rings (SSSR count). The Bertz CT molecular complexity index is 594. The van der Waals surface area contributed by atoms with Crippen molar-refractivity contribution in [1.82, 2.24) is 4.90 Å². The Morgan fingerprint density at radius 3 is 2.43 bits per heavy atom. The maximum atomic E-state index is 10.3. The molecule has 0 spiro atoms. The van der Waals surface area contributed by atoms with Crippen LogP contribution in [0.25, 0.3) is 0 Å². The second kappa shape index (κ2) is 9.29. The first-order chi connectivity index (χ1) is 11.2. The van der Waals surface area contributed by atoms with Crippen LogP contribution in [0.2, 0.25) is 0 Å². The van der Waals surface area contributed by atoms with Crippen molar-refractivity contribution < 1.29 is 5.11 Å². The molecule has 0 amide bonds. The lowest BCUT2D eigenvalue weighted by atomic mass is 10.1. The van der Waals surface area contributed by atoms with Gasteiger partial charge in [0, 0.05) is 19.6 Å². The van der Waals surface area contributed by atoms with E-state index >= 15 is 0 Å². The summed E-state index contributed by atoms with van der Waals surface area (Å²) in [6.45, 7) is 8.26. The van der Waals surface area contributed by atoms with E-state index in [1.165, 1.54) is 16.7 Å². The molecule has 0 saturated carbocycles. The van der Waals surface area contributed by atoms with E-state index < -0.39 is 0 Å². The molecule has 0 aliphatic carbocycles. The highest BCUT2D eigenvalue weighted by Gasteiger charge is 2.13. The van der Waals surface area contributed by atoms with Crippen molar-refractivity contribution >= 4 is 0 Å². The van der Waals surface area contributed by atoms with Gasteiger partial charge in [-0.1, -0.05) is 60.7 Å². The molecule has 0 bridgehead atoms. The summed E-state index contributed by atoms with van der Waals surface area (Å²) in [5.74, 6) is 0. The summed E-state index contributed by atoms with van der Waals surface area (Å²) in [5, 5.41) is 10.3. The molecule has 1 atom stereocenters. The van der Waals surface area contributed by atoms with Crippen molar-refractivity contribution in [3.63, 3.8) is 0 Å². The van der Waals surface area contributed by atoms with Crippen LogP contribution in [0.4, 0.5) is 0 Å². The SMILES string of the molecule is C=CCC[C@@H](O)CN(Cc1ccccc1)Cc1ccccc1C. The summed E-state index contributed by atoms with van der Waals surface area (Å²) < 4.78 is 0. The third-order valence-corrected chi connectivity index (χ3v) is 4.08. The minimum atomic E-state index is -0.319. The van der Waals surface area contributed by atoms with Gasteiger partial charge in [0.1, 0.15) is 0 Å². The van der Waals surface area contributed by atoms with Crippen molar-refractivity contribution in [3.05, 3.63) is 83.9 Å². The molecule has 2 aromatic rings. The van der Waals surface area contributed by atoms with Gasteiger partial charge in [0.15, 0.2) is 0 Å². The summed E-state index contributed by atoms with van der Waals surface area (Å²) in [5.41, 5.74) is 3.89. The van der Waals surface area contributed by atoms with E-state index in [-0.39, 0.29) is 6.10 Å². The average molecular weight is 309 g/mol. The van der Waals surface area contributed by atoms with Gasteiger partial charge in [-0.3, -0.25) is 4.90 Å². The van der Waals surface area contributed by atoms with Gasteiger partial charge in [-0.05, 0) is 36.5 Å². The van der Waals surface area contributed by atoms with Gasteiger partial charge in [0.2, 0.25) is 0 Å². The van der Waals surface area contributed by atoms with Crippen LogP contribution < -0.4 is 0 Å². The van der Waals surface area contributed by atoms with Gasteiger partial charge in [-0.15, -0.1) is 6.58 Å². The van der Waals surface area contributed by atoms with E-state index in [0.29, 0.717) is 6.54 Å². The molecule has 0 aliphatic rings. The van der Waals surface area contributed by atoms with Gasteiger partial charge < -0.3 is 5.11 Å². The van der Waals surface area contributed by atoms with E-state index in [4.69, 9.17) is 0 Å². The molecule has 0 fully saturated rings. The third kappa shape index (κ3) is 6.01. The zero-order valence-electron chi connectivity index (χ0n) is 14.0. The van der Waals surface area contributed by atoms with Crippen LogP contribution in [-0.4, -0.2) is 22.7 Å². The van der Waals surface area contributed by atoms with E-state index in [1.54, 1.807) is 0 Å². The molecule has 0 aliphatic heterocycles. The lowest BCUT2D eigenvalue weighted by molar-refractivity contribution is 0.0983. The quantitative estimate of drug-likeness (QED) is 0.697. The predicted molar refractivity (Wildman–Crippen MR) is 97.2 cm³/mol. The maximum Gasteiger partial charge on any atom is 0.0670 e. The van der Waals surface area contributed by atoms with Gasteiger partial charge >= 0.3 is 0 Å². The van der Waals surface area contributed by atoms with Crippen LogP contribution in [0.15, 0.2) is 67.3 Å². The van der Waals surface area contributed by atoms with Crippen LogP contribution in [0.3, 0.4) is 0 Å². The number of nitrogens with zero attached hydrogens (tertiary/aromatic N) is 1. The lowest BCUT2D eigenvalue weighted by Gasteiger charge is -2.26. The smallest absolute Gasteiger partial charge is 0.0670 e.